The quantitative estimate of drug-likeness (QED) is 0.664. The van der Waals surface area contributed by atoms with Crippen LogP contribution >= 0.6 is 0 Å². The second kappa shape index (κ2) is 3.67. The molecule has 1 atom stereocenters. The van der Waals surface area contributed by atoms with E-state index in [0.717, 1.165) is 12.8 Å². The van der Waals surface area contributed by atoms with Gasteiger partial charge in [-0.2, -0.15) is 0 Å². The van der Waals surface area contributed by atoms with Gasteiger partial charge in [0.25, 0.3) is 0 Å². The first-order valence-electron chi connectivity index (χ1n) is 5.36. The minimum atomic E-state index is -0.365. The fourth-order valence-electron chi connectivity index (χ4n) is 2.84. The molecule has 0 aliphatic carbocycles. The standard InChI is InChI=1S/C12H23NO/c1-6-10(14)9-7-11(2,3)13-12(4,5)8-9/h6,9-10,13-14H,1,7-8H2,2-5H3. The summed E-state index contributed by atoms with van der Waals surface area (Å²) in [6.45, 7) is 12.4. The molecule has 2 heteroatoms. The van der Waals surface area contributed by atoms with Crippen molar-refractivity contribution in [1.82, 2.24) is 5.32 Å². The summed E-state index contributed by atoms with van der Waals surface area (Å²) in [5.41, 5.74) is 0.215. The van der Waals surface area contributed by atoms with Gasteiger partial charge < -0.3 is 10.4 Å². The van der Waals surface area contributed by atoms with Crippen LogP contribution in [0, 0.1) is 5.92 Å². The molecule has 82 valence electrons. The molecule has 1 rings (SSSR count). The topological polar surface area (TPSA) is 32.3 Å². The highest BCUT2D eigenvalue weighted by Crippen LogP contribution is 2.34. The number of aliphatic hydroxyl groups excluding tert-OH is 1. The summed E-state index contributed by atoms with van der Waals surface area (Å²) >= 11 is 0. The highest BCUT2D eigenvalue weighted by Gasteiger charge is 2.39. The zero-order valence-corrected chi connectivity index (χ0v) is 9.80. The minimum absolute atomic E-state index is 0.108. The van der Waals surface area contributed by atoms with Gasteiger partial charge in [0.05, 0.1) is 6.10 Å². The van der Waals surface area contributed by atoms with Gasteiger partial charge in [0, 0.05) is 11.1 Å². The number of piperidine rings is 1. The molecule has 1 aliphatic rings. The van der Waals surface area contributed by atoms with E-state index in [9.17, 15) is 5.11 Å². The lowest BCUT2D eigenvalue weighted by atomic mass is 9.74. The highest BCUT2D eigenvalue weighted by molar-refractivity contribution is 5.01. The summed E-state index contributed by atoms with van der Waals surface area (Å²) in [4.78, 5) is 0. The molecular formula is C12H23NO. The third kappa shape index (κ3) is 2.82. The van der Waals surface area contributed by atoms with Gasteiger partial charge in [0.2, 0.25) is 0 Å². The highest BCUT2D eigenvalue weighted by atomic mass is 16.3. The van der Waals surface area contributed by atoms with Crippen LogP contribution in [-0.4, -0.2) is 22.3 Å². The maximum atomic E-state index is 9.80. The Kier molecular flexibility index (Phi) is 3.07. The summed E-state index contributed by atoms with van der Waals surface area (Å²) in [6, 6.07) is 0. The molecule has 2 N–H and O–H groups in total. The molecule has 0 aromatic carbocycles. The summed E-state index contributed by atoms with van der Waals surface area (Å²) in [5, 5.41) is 13.4. The van der Waals surface area contributed by atoms with Crippen molar-refractivity contribution in [2.24, 2.45) is 5.92 Å². The van der Waals surface area contributed by atoms with E-state index in [4.69, 9.17) is 0 Å². The average Bonchev–Trinajstić information content (AvgIpc) is 1.97. The number of aliphatic hydroxyl groups is 1. The van der Waals surface area contributed by atoms with Crippen LogP contribution in [0.2, 0.25) is 0 Å². The lowest BCUT2D eigenvalue weighted by Crippen LogP contribution is -2.59. The summed E-state index contributed by atoms with van der Waals surface area (Å²) in [6.07, 6.45) is 3.30. The molecule has 1 fully saturated rings. The SMILES string of the molecule is C=CC(O)C1CC(C)(C)NC(C)(C)C1. The van der Waals surface area contributed by atoms with Crippen LogP contribution in [0.3, 0.4) is 0 Å². The number of nitrogens with one attached hydrogen (secondary N) is 1. The van der Waals surface area contributed by atoms with Crippen molar-refractivity contribution < 1.29 is 5.11 Å². The lowest BCUT2D eigenvalue weighted by molar-refractivity contribution is 0.0517. The molecular weight excluding hydrogens is 174 g/mol. The Morgan fingerprint density at radius 1 is 1.29 bits per heavy atom. The van der Waals surface area contributed by atoms with Gasteiger partial charge in [-0.05, 0) is 46.5 Å². The van der Waals surface area contributed by atoms with Crippen molar-refractivity contribution in [3.05, 3.63) is 12.7 Å². The predicted molar refractivity (Wildman–Crippen MR) is 60.2 cm³/mol. The second-order valence-corrected chi connectivity index (χ2v) is 5.79. The van der Waals surface area contributed by atoms with E-state index < -0.39 is 0 Å². The van der Waals surface area contributed by atoms with E-state index in [2.05, 4.69) is 39.6 Å². The maximum absolute atomic E-state index is 9.80. The van der Waals surface area contributed by atoms with Crippen LogP contribution in [0.15, 0.2) is 12.7 Å². The Morgan fingerprint density at radius 3 is 2.07 bits per heavy atom. The maximum Gasteiger partial charge on any atom is 0.0747 e. The van der Waals surface area contributed by atoms with Gasteiger partial charge in [-0.15, -0.1) is 6.58 Å². The predicted octanol–water partition coefficient (Wildman–Crippen LogP) is 2.09. The smallest absolute Gasteiger partial charge is 0.0747 e. The van der Waals surface area contributed by atoms with Crippen molar-refractivity contribution in [3.8, 4) is 0 Å². The Morgan fingerprint density at radius 2 is 1.71 bits per heavy atom. The van der Waals surface area contributed by atoms with Crippen molar-refractivity contribution in [1.29, 1.82) is 0 Å². The van der Waals surface area contributed by atoms with Crippen LogP contribution in [-0.2, 0) is 0 Å². The number of hydrogen-bond donors (Lipinski definition) is 2. The molecule has 1 aliphatic heterocycles. The van der Waals surface area contributed by atoms with Gasteiger partial charge in [0.15, 0.2) is 0 Å². The van der Waals surface area contributed by atoms with Gasteiger partial charge in [-0.1, -0.05) is 6.08 Å². The molecule has 2 nitrogen and oxygen atoms in total. The van der Waals surface area contributed by atoms with Gasteiger partial charge in [-0.3, -0.25) is 0 Å². The lowest BCUT2D eigenvalue weighted by Gasteiger charge is -2.47. The average molecular weight is 197 g/mol. The molecule has 14 heavy (non-hydrogen) atoms. The van der Waals surface area contributed by atoms with Crippen molar-refractivity contribution >= 4 is 0 Å². The first kappa shape index (κ1) is 11.7. The summed E-state index contributed by atoms with van der Waals surface area (Å²) in [5.74, 6) is 0.332. The fraction of sp³-hybridized carbons (Fsp3) is 0.833. The van der Waals surface area contributed by atoms with E-state index >= 15 is 0 Å². The first-order chi connectivity index (χ1) is 6.26. The molecule has 0 radical (unpaired) electrons. The van der Waals surface area contributed by atoms with Gasteiger partial charge in [0.1, 0.15) is 0 Å². The van der Waals surface area contributed by atoms with Crippen molar-refractivity contribution in [2.75, 3.05) is 0 Å². The number of hydrogen-bond acceptors (Lipinski definition) is 2. The zero-order chi connectivity index (χ0) is 11.0. The van der Waals surface area contributed by atoms with Crippen LogP contribution in [0.25, 0.3) is 0 Å². The van der Waals surface area contributed by atoms with Crippen LogP contribution in [0.5, 0.6) is 0 Å². The van der Waals surface area contributed by atoms with Crippen LogP contribution in [0.4, 0.5) is 0 Å². The van der Waals surface area contributed by atoms with E-state index in [1.54, 1.807) is 6.08 Å². The monoisotopic (exact) mass is 197 g/mol. The van der Waals surface area contributed by atoms with E-state index in [1.807, 2.05) is 0 Å². The fourth-order valence-corrected chi connectivity index (χ4v) is 2.84. The Labute approximate surface area is 87.4 Å². The Bertz CT molecular complexity index is 204. The molecule has 0 spiro atoms. The van der Waals surface area contributed by atoms with Crippen molar-refractivity contribution in [2.45, 2.75) is 57.7 Å². The van der Waals surface area contributed by atoms with E-state index in [1.165, 1.54) is 0 Å². The molecule has 1 saturated heterocycles. The van der Waals surface area contributed by atoms with Gasteiger partial charge in [-0.25, -0.2) is 0 Å². The van der Waals surface area contributed by atoms with Crippen molar-refractivity contribution in [3.63, 3.8) is 0 Å². The third-order valence-electron chi connectivity index (χ3n) is 2.95. The summed E-state index contributed by atoms with van der Waals surface area (Å²) < 4.78 is 0. The molecule has 0 bridgehead atoms. The molecule has 0 aromatic rings. The molecule has 0 aromatic heterocycles. The molecule has 1 unspecified atom stereocenters. The minimum Gasteiger partial charge on any atom is -0.389 e. The molecule has 0 saturated carbocycles. The third-order valence-corrected chi connectivity index (χ3v) is 2.95. The Hall–Kier alpha value is -0.340. The molecule has 1 heterocycles. The Balaban J connectivity index is 2.76. The second-order valence-electron chi connectivity index (χ2n) is 5.79. The van der Waals surface area contributed by atoms with Crippen LogP contribution < -0.4 is 5.32 Å². The summed E-state index contributed by atoms with van der Waals surface area (Å²) in [7, 11) is 0. The number of rotatable bonds is 2. The van der Waals surface area contributed by atoms with Crippen LogP contribution in [0.1, 0.15) is 40.5 Å². The molecule has 0 amide bonds. The normalized spacial score (nSPS) is 28.4. The van der Waals surface area contributed by atoms with E-state index in [0.29, 0.717) is 5.92 Å². The van der Waals surface area contributed by atoms with E-state index in [-0.39, 0.29) is 17.2 Å². The van der Waals surface area contributed by atoms with Gasteiger partial charge >= 0.3 is 0 Å². The largest absolute Gasteiger partial charge is 0.389 e. The zero-order valence-electron chi connectivity index (χ0n) is 9.80. The first-order valence-corrected chi connectivity index (χ1v) is 5.36.